The van der Waals surface area contributed by atoms with E-state index in [1.165, 1.54) is 27.6 Å². The first-order valence-corrected chi connectivity index (χ1v) is 21.8. The summed E-state index contributed by atoms with van der Waals surface area (Å²) in [6.45, 7) is 12.0. The number of hydrogen-bond acceptors (Lipinski definition) is 4. The van der Waals surface area contributed by atoms with Gasteiger partial charge in [0, 0.05) is 46.4 Å². The van der Waals surface area contributed by atoms with Crippen LogP contribution in [0.1, 0.15) is 59.1 Å². The fourth-order valence-electron chi connectivity index (χ4n) is 5.87. The van der Waals surface area contributed by atoms with Gasteiger partial charge >= 0.3 is 0 Å². The van der Waals surface area contributed by atoms with Crippen molar-refractivity contribution in [2.45, 2.75) is 54.4 Å². The van der Waals surface area contributed by atoms with Gasteiger partial charge < -0.3 is 9.64 Å². The summed E-state index contributed by atoms with van der Waals surface area (Å²) < 4.78 is 9.69. The molecule has 7 rings (SSSR count). The van der Waals surface area contributed by atoms with Crippen LogP contribution < -0.4 is 9.64 Å². The van der Waals surface area contributed by atoms with Crippen molar-refractivity contribution in [1.29, 1.82) is 0 Å². The van der Waals surface area contributed by atoms with E-state index in [1.807, 2.05) is 68.6 Å². The molecule has 0 N–H and O–H groups in total. The first-order chi connectivity index (χ1) is 27.4. The van der Waals surface area contributed by atoms with Crippen molar-refractivity contribution >= 4 is 97.3 Å². The lowest BCUT2D eigenvalue weighted by atomic mass is 10.1. The van der Waals surface area contributed by atoms with E-state index in [4.69, 9.17) is 4.74 Å². The number of nitrogens with zero attached hydrogens (tertiary/aromatic N) is 2. The number of aromatic nitrogens is 1. The Bertz CT molecular complexity index is 2350. The summed E-state index contributed by atoms with van der Waals surface area (Å²) >= 11 is 14.1. The molecule has 294 valence electrons. The number of benzene rings is 6. The zero-order chi connectivity index (χ0) is 41.5. The van der Waals surface area contributed by atoms with Gasteiger partial charge in [-0.25, -0.2) is 0 Å². The van der Waals surface area contributed by atoms with Crippen LogP contribution in [0.15, 0.2) is 158 Å². The molecule has 0 aliphatic carbocycles. The van der Waals surface area contributed by atoms with Gasteiger partial charge in [-0.05, 0) is 149 Å². The smallest absolute Gasteiger partial charge is 0.159 e. The summed E-state index contributed by atoms with van der Waals surface area (Å²) in [7, 11) is 1.70. The molecule has 0 bridgehead atoms. The maximum absolute atomic E-state index is 11.0. The molecule has 0 aliphatic heterocycles. The molecule has 8 heteroatoms. The molecule has 1 heterocycles. The molecule has 7 aromatic rings. The number of ether oxygens (including phenoxy) is 1. The van der Waals surface area contributed by atoms with Crippen molar-refractivity contribution in [1.82, 2.24) is 4.98 Å². The average Bonchev–Trinajstić information content (AvgIpc) is 3.23. The second-order valence-corrected chi connectivity index (χ2v) is 16.5. The number of Topliss-reactive ketones (excluding diaryl/α,β-unsaturated/α-hetero) is 1. The van der Waals surface area contributed by atoms with E-state index in [9.17, 15) is 4.79 Å². The summed E-state index contributed by atoms with van der Waals surface area (Å²) in [6, 6.07) is 45.4. The lowest BCUT2D eigenvalue weighted by molar-refractivity contribution is 0.101. The molecule has 0 saturated heterocycles. The van der Waals surface area contributed by atoms with Crippen LogP contribution in [0.25, 0.3) is 10.8 Å². The molecule has 0 atom stereocenters. The fraction of sp³-hybridized carbons (Fsp3) is 0.184. The molecule has 0 aliphatic rings. The van der Waals surface area contributed by atoms with Crippen molar-refractivity contribution in [2.75, 3.05) is 12.0 Å². The molecule has 0 radical (unpaired) electrons. The van der Waals surface area contributed by atoms with E-state index in [0.717, 1.165) is 70.2 Å². The highest BCUT2D eigenvalue weighted by Crippen LogP contribution is 2.40. The predicted octanol–water partition coefficient (Wildman–Crippen LogP) is 16.1. The van der Waals surface area contributed by atoms with E-state index in [-0.39, 0.29) is 5.78 Å². The lowest BCUT2D eigenvalue weighted by Gasteiger charge is -2.27. The summed E-state index contributed by atoms with van der Waals surface area (Å²) in [4.78, 5) is 17.4. The molecule has 0 spiro atoms. The van der Waals surface area contributed by atoms with Gasteiger partial charge in [0.25, 0.3) is 0 Å². The van der Waals surface area contributed by atoms with Crippen LogP contribution in [0, 0.1) is 20.8 Å². The van der Waals surface area contributed by atoms with Gasteiger partial charge in [-0.2, -0.15) is 0 Å². The Balaban J connectivity index is 0.000000179. The molecular formula is C49H48Br4N2O2. The maximum atomic E-state index is 11.0. The van der Waals surface area contributed by atoms with E-state index in [0.29, 0.717) is 0 Å². The highest BCUT2D eigenvalue weighted by molar-refractivity contribution is 9.11. The third-order valence-electron chi connectivity index (χ3n) is 9.14. The van der Waals surface area contributed by atoms with Crippen LogP contribution in [0.4, 0.5) is 17.1 Å². The molecule has 6 aromatic carbocycles. The number of anilines is 3. The Morgan fingerprint density at radius 1 is 0.632 bits per heavy atom. The van der Waals surface area contributed by atoms with Crippen molar-refractivity contribution in [3.63, 3.8) is 0 Å². The minimum atomic E-state index is 0.110. The number of rotatable bonds is 7. The normalized spacial score (nSPS) is 10.2. The first-order valence-electron chi connectivity index (χ1n) is 18.7. The molecule has 0 amide bonds. The van der Waals surface area contributed by atoms with Crippen LogP contribution in [0.5, 0.6) is 5.75 Å². The van der Waals surface area contributed by atoms with Crippen molar-refractivity contribution in [3.8, 4) is 5.75 Å². The predicted molar refractivity (Wildman–Crippen MR) is 256 cm³/mol. The Morgan fingerprint density at radius 2 is 1.21 bits per heavy atom. The molecule has 4 nitrogen and oxygen atoms in total. The standard InChI is InChI=1S/C20H18BrN.C12H11BrO.C10H11BrO.C7H8BrN/c1-2-16-10-9-15-19(20(16)21)22(17-11-5-3-6-12-17)18-13-7-4-8-14-18;1-8-9-5-3-4-6-10(9)12(14-2)7-11(8)13;1-3-8-4-5-9(7(2)12)6-10(8)11;1-5-3-7(8)6(2)9-4-5/h3-15H,2H2,1H3;3-7H,1-2H3;4-6H,3H2,1-2H3;3-4H,1-2H3. The number of pyridine rings is 1. The summed E-state index contributed by atoms with van der Waals surface area (Å²) in [6.07, 6.45) is 3.85. The number of halogens is 4. The monoisotopic (exact) mass is 1010 g/mol. The number of para-hydroxylation sites is 2. The van der Waals surface area contributed by atoms with Crippen LogP contribution in [-0.4, -0.2) is 17.9 Å². The number of aryl methyl sites for hydroxylation is 5. The minimum Gasteiger partial charge on any atom is -0.496 e. The zero-order valence-corrected chi connectivity index (χ0v) is 39.8. The number of methoxy groups -OCH3 is 1. The molecule has 0 unspecified atom stereocenters. The largest absolute Gasteiger partial charge is 0.496 e. The van der Waals surface area contributed by atoms with Crippen molar-refractivity contribution in [3.05, 3.63) is 191 Å². The summed E-state index contributed by atoms with van der Waals surface area (Å²) in [5.74, 6) is 1.02. The molecular weight excluding hydrogens is 968 g/mol. The van der Waals surface area contributed by atoms with Crippen LogP contribution in [0.2, 0.25) is 0 Å². The van der Waals surface area contributed by atoms with Gasteiger partial charge in [0.1, 0.15) is 5.75 Å². The van der Waals surface area contributed by atoms with Gasteiger partial charge in [-0.3, -0.25) is 9.78 Å². The van der Waals surface area contributed by atoms with Gasteiger partial charge in [-0.15, -0.1) is 0 Å². The number of carbonyl (C=O) groups is 1. The van der Waals surface area contributed by atoms with E-state index < -0.39 is 0 Å². The minimum absolute atomic E-state index is 0.110. The zero-order valence-electron chi connectivity index (χ0n) is 33.4. The number of hydrogen-bond donors (Lipinski definition) is 0. The molecule has 0 fully saturated rings. The van der Waals surface area contributed by atoms with Gasteiger partial charge in [0.15, 0.2) is 5.78 Å². The quantitative estimate of drug-likeness (QED) is 0.149. The van der Waals surface area contributed by atoms with Crippen LogP contribution in [-0.2, 0) is 12.8 Å². The third kappa shape index (κ3) is 12.7. The Labute approximate surface area is 372 Å². The van der Waals surface area contributed by atoms with E-state index in [2.05, 4.69) is 179 Å². The third-order valence-corrected chi connectivity index (χ3v) is 12.4. The second kappa shape index (κ2) is 22.8. The van der Waals surface area contributed by atoms with E-state index >= 15 is 0 Å². The Kier molecular flexibility index (Phi) is 18.2. The average molecular weight is 1020 g/mol. The molecule has 0 saturated carbocycles. The highest BCUT2D eigenvalue weighted by Gasteiger charge is 2.16. The Morgan fingerprint density at radius 3 is 1.72 bits per heavy atom. The van der Waals surface area contributed by atoms with Crippen LogP contribution in [0.3, 0.4) is 0 Å². The van der Waals surface area contributed by atoms with Gasteiger partial charge in [0.2, 0.25) is 0 Å². The number of carbonyl (C=O) groups excluding carboxylic acids is 1. The fourth-order valence-corrected chi connectivity index (χ4v) is 8.14. The van der Waals surface area contributed by atoms with Crippen LogP contribution >= 0.6 is 63.7 Å². The van der Waals surface area contributed by atoms with E-state index in [1.54, 1.807) is 14.0 Å². The molecule has 57 heavy (non-hydrogen) atoms. The number of ketones is 1. The topological polar surface area (TPSA) is 42.4 Å². The SMILES string of the molecule is CCc1ccc(C(C)=O)cc1Br.CCc1cccc(N(c2ccccc2)c2ccccc2)c1Br.COc1cc(Br)c(C)c2ccccc12.Cc1cnc(C)c(Br)c1. The second-order valence-electron chi connectivity index (χ2n) is 13.1. The van der Waals surface area contributed by atoms with Crippen molar-refractivity contribution in [2.24, 2.45) is 0 Å². The highest BCUT2D eigenvalue weighted by atomic mass is 79.9. The maximum Gasteiger partial charge on any atom is 0.159 e. The van der Waals surface area contributed by atoms with Crippen molar-refractivity contribution < 1.29 is 9.53 Å². The molecule has 1 aromatic heterocycles. The first kappa shape index (κ1) is 45.6. The number of fused-ring (bicyclic) bond motifs is 1. The summed E-state index contributed by atoms with van der Waals surface area (Å²) in [5, 5.41) is 2.40. The summed E-state index contributed by atoms with van der Waals surface area (Å²) in [5.41, 5.74) is 10.3. The van der Waals surface area contributed by atoms with Gasteiger partial charge in [0.05, 0.1) is 18.5 Å². The Hall–Kier alpha value is -4.08. The van der Waals surface area contributed by atoms with Gasteiger partial charge in [-0.1, -0.05) is 131 Å². The lowest BCUT2D eigenvalue weighted by Crippen LogP contribution is -2.10.